The van der Waals surface area contributed by atoms with E-state index in [0.29, 0.717) is 29.3 Å². The maximum absolute atomic E-state index is 13.0. The Hall–Kier alpha value is -4.00. The number of nitrogens with one attached hydrogen (secondary N) is 1. The Balaban J connectivity index is 1.88. The van der Waals surface area contributed by atoms with Gasteiger partial charge in [-0.15, -0.1) is 5.10 Å². The molecule has 0 unspecified atom stereocenters. The highest BCUT2D eigenvalue weighted by atomic mass is 16.6. The highest BCUT2D eigenvalue weighted by molar-refractivity contribution is 5.94. The van der Waals surface area contributed by atoms with Gasteiger partial charge < -0.3 is 15.2 Å². The van der Waals surface area contributed by atoms with E-state index in [4.69, 9.17) is 19.8 Å². The van der Waals surface area contributed by atoms with Gasteiger partial charge in [-0.05, 0) is 48.4 Å². The molecule has 0 aliphatic heterocycles. The van der Waals surface area contributed by atoms with Gasteiger partial charge in [-0.3, -0.25) is 9.69 Å². The number of ether oxygens (including phenoxy) is 2. The third-order valence-corrected chi connectivity index (χ3v) is 4.93. The average Bonchev–Trinajstić information content (AvgIpc) is 3.44. The van der Waals surface area contributed by atoms with E-state index in [-0.39, 0.29) is 17.3 Å². The summed E-state index contributed by atoms with van der Waals surface area (Å²) >= 11 is 0. The summed E-state index contributed by atoms with van der Waals surface area (Å²) in [6.45, 7) is 6.25. The summed E-state index contributed by atoms with van der Waals surface area (Å²) in [5, 5.41) is 19.6. The first-order chi connectivity index (χ1) is 16.5. The molecule has 13 heteroatoms. The van der Waals surface area contributed by atoms with Gasteiger partial charge in [0.25, 0.3) is 5.91 Å². The van der Waals surface area contributed by atoms with Crippen molar-refractivity contribution in [1.82, 2.24) is 35.6 Å². The number of rotatable bonds is 12. The molecule has 182 valence electrons. The summed E-state index contributed by atoms with van der Waals surface area (Å²) in [7, 11) is 3.07. The van der Waals surface area contributed by atoms with Crippen LogP contribution in [0.1, 0.15) is 48.4 Å². The van der Waals surface area contributed by atoms with Gasteiger partial charge in [0.05, 0.1) is 26.1 Å². The number of hydrazone groups is 1. The summed E-state index contributed by atoms with van der Waals surface area (Å²) in [5.41, 5.74) is 9.57. The lowest BCUT2D eigenvalue weighted by Gasteiger charge is -2.21. The molecule has 0 spiro atoms. The largest absolute Gasteiger partial charge is 0.493 e. The summed E-state index contributed by atoms with van der Waals surface area (Å²) < 4.78 is 16.7. The molecular weight excluding hydrogens is 442 g/mol. The van der Waals surface area contributed by atoms with E-state index in [1.165, 1.54) is 18.0 Å². The third kappa shape index (κ3) is 5.49. The summed E-state index contributed by atoms with van der Waals surface area (Å²) in [6.07, 6.45) is 3.36. The summed E-state index contributed by atoms with van der Waals surface area (Å²) in [4.78, 5) is 15.2. The zero-order valence-electron chi connectivity index (χ0n) is 19.7. The average molecular weight is 472 g/mol. The zero-order chi connectivity index (χ0) is 24.5. The Morgan fingerprint density at radius 1 is 1.24 bits per heavy atom. The number of amides is 1. The molecule has 0 atom stereocenters. The quantitative estimate of drug-likeness (QED) is 0.294. The molecule has 1 aromatic carbocycles. The van der Waals surface area contributed by atoms with Gasteiger partial charge in [0.2, 0.25) is 11.6 Å². The van der Waals surface area contributed by atoms with Crippen molar-refractivity contribution in [3.05, 3.63) is 35.2 Å². The Morgan fingerprint density at radius 2 is 2.00 bits per heavy atom. The summed E-state index contributed by atoms with van der Waals surface area (Å²) in [6, 6.07) is 5.34. The fraction of sp³-hybridized carbons (Fsp3) is 0.429. The van der Waals surface area contributed by atoms with Crippen LogP contribution >= 0.6 is 0 Å². The lowest BCUT2D eigenvalue weighted by Crippen LogP contribution is -2.28. The van der Waals surface area contributed by atoms with Crippen LogP contribution < -0.4 is 20.6 Å². The summed E-state index contributed by atoms with van der Waals surface area (Å²) in [5.74, 6) is 0.715. The van der Waals surface area contributed by atoms with E-state index >= 15 is 0 Å². The van der Waals surface area contributed by atoms with Crippen molar-refractivity contribution in [1.29, 1.82) is 0 Å². The van der Waals surface area contributed by atoms with Crippen molar-refractivity contribution < 1.29 is 18.9 Å². The first-order valence-electron chi connectivity index (χ1n) is 10.8. The Morgan fingerprint density at radius 3 is 2.62 bits per heavy atom. The molecule has 0 bridgehead atoms. The van der Waals surface area contributed by atoms with Crippen molar-refractivity contribution in [3.8, 4) is 17.3 Å². The molecule has 2 aromatic heterocycles. The number of nitrogens with zero attached hydrogens (tertiary/aromatic N) is 7. The van der Waals surface area contributed by atoms with E-state index in [1.807, 2.05) is 0 Å². The van der Waals surface area contributed by atoms with Gasteiger partial charge in [-0.1, -0.05) is 25.1 Å². The third-order valence-electron chi connectivity index (χ3n) is 4.93. The number of carbonyl (C=O) groups is 1. The first kappa shape index (κ1) is 24.6. The number of hydrogen-bond donors (Lipinski definition) is 2. The van der Waals surface area contributed by atoms with Gasteiger partial charge >= 0.3 is 0 Å². The van der Waals surface area contributed by atoms with E-state index in [0.717, 1.165) is 25.9 Å². The van der Waals surface area contributed by atoms with Gasteiger partial charge in [0.1, 0.15) is 0 Å². The second-order valence-electron chi connectivity index (χ2n) is 7.33. The fourth-order valence-corrected chi connectivity index (χ4v) is 3.47. The number of aromatic nitrogens is 5. The molecule has 0 fully saturated rings. The normalized spacial score (nSPS) is 11.3. The number of benzene rings is 1. The number of nitrogens with two attached hydrogens (primary N) is 1. The van der Waals surface area contributed by atoms with Crippen LogP contribution in [0.5, 0.6) is 11.5 Å². The minimum Gasteiger partial charge on any atom is -0.493 e. The lowest BCUT2D eigenvalue weighted by molar-refractivity contribution is 0.0947. The van der Waals surface area contributed by atoms with Crippen LogP contribution in [0.3, 0.4) is 0 Å². The monoisotopic (exact) mass is 471 g/mol. The highest BCUT2D eigenvalue weighted by Gasteiger charge is 2.25. The second kappa shape index (κ2) is 11.7. The maximum atomic E-state index is 13.0. The van der Waals surface area contributed by atoms with Crippen molar-refractivity contribution in [2.75, 3.05) is 33.0 Å². The topological polar surface area (TPSA) is 159 Å². The fourth-order valence-electron chi connectivity index (χ4n) is 3.47. The van der Waals surface area contributed by atoms with Gasteiger partial charge in [-0.25, -0.2) is 10.1 Å². The van der Waals surface area contributed by atoms with Crippen LogP contribution in [0, 0.1) is 0 Å². The molecular formula is C21H29N9O4. The predicted octanol–water partition coefficient (Wildman–Crippen LogP) is 1.64. The van der Waals surface area contributed by atoms with Gasteiger partial charge in [0.15, 0.2) is 17.2 Å². The van der Waals surface area contributed by atoms with Crippen LogP contribution in [0.15, 0.2) is 27.9 Å². The minimum atomic E-state index is -0.540. The standard InChI is InChI=1S/C21H29N9O4/c1-5-10-29(11-6-2)13-15-17(24-28-30(15)20-19(22)26-34-27-20)21(31)25-23-12-14-8-7-9-16(32-3)18(14)33-4/h7-9,12H,5-6,10-11,13H2,1-4H3,(H2,22,26)(H,25,31). The Kier molecular flexibility index (Phi) is 8.51. The molecule has 2 heterocycles. The molecule has 13 nitrogen and oxygen atoms in total. The van der Waals surface area contributed by atoms with Crippen molar-refractivity contribution in [2.24, 2.45) is 5.10 Å². The van der Waals surface area contributed by atoms with Crippen LogP contribution in [0.25, 0.3) is 5.82 Å². The Labute approximate surface area is 196 Å². The van der Waals surface area contributed by atoms with E-state index in [9.17, 15) is 4.79 Å². The highest BCUT2D eigenvalue weighted by Crippen LogP contribution is 2.29. The Bertz CT molecular complexity index is 1120. The molecule has 0 saturated carbocycles. The van der Waals surface area contributed by atoms with Crippen LogP contribution in [0.2, 0.25) is 0 Å². The van der Waals surface area contributed by atoms with Crippen LogP contribution in [-0.2, 0) is 6.54 Å². The number of nitrogen functional groups attached to an aromatic ring is 1. The van der Waals surface area contributed by atoms with Crippen molar-refractivity contribution in [2.45, 2.75) is 33.2 Å². The lowest BCUT2D eigenvalue weighted by atomic mass is 10.2. The molecule has 3 aromatic rings. The number of methoxy groups -OCH3 is 2. The van der Waals surface area contributed by atoms with Gasteiger partial charge in [-0.2, -0.15) is 9.78 Å². The number of hydrogen-bond acceptors (Lipinski definition) is 11. The number of anilines is 1. The molecule has 3 N–H and O–H groups in total. The number of carbonyl (C=O) groups excluding carboxylic acids is 1. The van der Waals surface area contributed by atoms with E-state index in [2.05, 4.69) is 49.9 Å². The molecule has 0 aliphatic carbocycles. The van der Waals surface area contributed by atoms with Gasteiger partial charge in [0, 0.05) is 12.1 Å². The molecule has 3 rings (SSSR count). The SMILES string of the molecule is CCCN(CCC)Cc1c(C(=O)NN=Cc2cccc(OC)c2OC)nnn1-c1nonc1N. The maximum Gasteiger partial charge on any atom is 0.293 e. The molecule has 34 heavy (non-hydrogen) atoms. The van der Waals surface area contributed by atoms with E-state index < -0.39 is 5.91 Å². The second-order valence-corrected chi connectivity index (χ2v) is 7.33. The van der Waals surface area contributed by atoms with Crippen molar-refractivity contribution in [3.63, 3.8) is 0 Å². The molecule has 0 aliphatic rings. The zero-order valence-corrected chi connectivity index (χ0v) is 19.7. The molecule has 1 amide bonds. The van der Waals surface area contributed by atoms with Crippen LogP contribution in [-0.4, -0.2) is 69.6 Å². The predicted molar refractivity (Wildman–Crippen MR) is 124 cm³/mol. The number of para-hydroxylation sites is 1. The first-order valence-corrected chi connectivity index (χ1v) is 10.8. The molecule has 0 radical (unpaired) electrons. The minimum absolute atomic E-state index is 0.0405. The smallest absolute Gasteiger partial charge is 0.293 e. The molecule has 0 saturated heterocycles. The van der Waals surface area contributed by atoms with E-state index in [1.54, 1.807) is 25.3 Å². The van der Waals surface area contributed by atoms with Crippen molar-refractivity contribution >= 4 is 17.9 Å². The van der Waals surface area contributed by atoms with Crippen LogP contribution in [0.4, 0.5) is 5.82 Å².